The highest BCUT2D eigenvalue weighted by Crippen LogP contribution is 2.21. The van der Waals surface area contributed by atoms with Gasteiger partial charge in [-0.05, 0) is 65.5 Å². The molecule has 1 fully saturated rings. The minimum atomic E-state index is 0.261. The summed E-state index contributed by atoms with van der Waals surface area (Å²) < 4.78 is 0. The molecule has 1 rings (SSSR count). The van der Waals surface area contributed by atoms with E-state index in [9.17, 15) is 0 Å². The van der Waals surface area contributed by atoms with Crippen LogP contribution in [0.1, 0.15) is 54.4 Å². The van der Waals surface area contributed by atoms with Gasteiger partial charge < -0.3 is 10.2 Å². The predicted octanol–water partition coefficient (Wildman–Crippen LogP) is 3.13. The first-order valence-electron chi connectivity index (χ1n) is 7.27. The maximum absolute atomic E-state index is 3.64. The number of hydrogen-bond acceptors (Lipinski definition) is 2. The third-order valence-corrected chi connectivity index (χ3v) is 3.67. The van der Waals surface area contributed by atoms with Crippen LogP contribution in [0.25, 0.3) is 0 Å². The topological polar surface area (TPSA) is 15.3 Å². The van der Waals surface area contributed by atoms with Gasteiger partial charge in [-0.1, -0.05) is 13.8 Å². The van der Waals surface area contributed by atoms with Gasteiger partial charge in [0.2, 0.25) is 0 Å². The average molecular weight is 240 g/mol. The summed E-state index contributed by atoms with van der Waals surface area (Å²) in [5.41, 5.74) is 0.261. The molecule has 0 aromatic rings. The van der Waals surface area contributed by atoms with Crippen molar-refractivity contribution in [3.63, 3.8) is 0 Å². The third kappa shape index (κ3) is 5.87. The number of hydrogen-bond donors (Lipinski definition) is 1. The molecular weight excluding hydrogens is 208 g/mol. The van der Waals surface area contributed by atoms with Gasteiger partial charge in [-0.15, -0.1) is 0 Å². The average Bonchev–Trinajstić information content (AvgIpc) is 2.60. The first-order valence-corrected chi connectivity index (χ1v) is 7.27. The van der Waals surface area contributed by atoms with Gasteiger partial charge in [-0.2, -0.15) is 0 Å². The summed E-state index contributed by atoms with van der Waals surface area (Å²) in [6.45, 7) is 17.6. The van der Waals surface area contributed by atoms with E-state index in [1.165, 1.54) is 32.5 Å². The van der Waals surface area contributed by atoms with Crippen molar-refractivity contribution < 1.29 is 0 Å². The van der Waals surface area contributed by atoms with E-state index >= 15 is 0 Å². The van der Waals surface area contributed by atoms with Crippen LogP contribution < -0.4 is 5.32 Å². The second-order valence-corrected chi connectivity index (χ2v) is 7.26. The Balaban J connectivity index is 2.27. The van der Waals surface area contributed by atoms with E-state index in [2.05, 4.69) is 51.8 Å². The van der Waals surface area contributed by atoms with Gasteiger partial charge in [0.25, 0.3) is 0 Å². The van der Waals surface area contributed by atoms with Gasteiger partial charge in [-0.25, -0.2) is 0 Å². The highest BCUT2D eigenvalue weighted by Gasteiger charge is 2.26. The number of nitrogens with zero attached hydrogens (tertiary/aromatic N) is 1. The fraction of sp³-hybridized carbons (Fsp3) is 1.00. The molecule has 102 valence electrons. The maximum atomic E-state index is 3.64. The molecule has 2 heteroatoms. The zero-order valence-electron chi connectivity index (χ0n) is 12.7. The van der Waals surface area contributed by atoms with E-state index in [1.54, 1.807) is 0 Å². The van der Waals surface area contributed by atoms with Crippen LogP contribution in [0, 0.1) is 11.8 Å². The second kappa shape index (κ2) is 6.19. The van der Waals surface area contributed by atoms with Crippen LogP contribution in [-0.2, 0) is 0 Å². The molecule has 2 nitrogen and oxygen atoms in total. The zero-order chi connectivity index (χ0) is 13.1. The van der Waals surface area contributed by atoms with Gasteiger partial charge in [0, 0.05) is 18.1 Å². The van der Waals surface area contributed by atoms with E-state index in [-0.39, 0.29) is 5.54 Å². The molecule has 0 amide bonds. The Kier molecular flexibility index (Phi) is 5.46. The smallest absolute Gasteiger partial charge is 0.00966 e. The lowest BCUT2D eigenvalue weighted by Gasteiger charge is -2.27. The molecule has 0 aliphatic carbocycles. The second-order valence-electron chi connectivity index (χ2n) is 7.26. The predicted molar refractivity (Wildman–Crippen MR) is 76.4 cm³/mol. The highest BCUT2D eigenvalue weighted by molar-refractivity contribution is 4.83. The minimum absolute atomic E-state index is 0.261. The molecule has 1 aliphatic rings. The molecule has 0 spiro atoms. The number of likely N-dealkylation sites (tertiary alicyclic amines) is 1. The fourth-order valence-corrected chi connectivity index (χ4v) is 2.71. The number of rotatable bonds is 5. The molecular formula is C15H32N2. The third-order valence-electron chi connectivity index (χ3n) is 3.67. The molecule has 1 saturated heterocycles. The van der Waals surface area contributed by atoms with Crippen LogP contribution in [0.4, 0.5) is 0 Å². The Morgan fingerprint density at radius 1 is 1.24 bits per heavy atom. The van der Waals surface area contributed by atoms with Gasteiger partial charge in [0.1, 0.15) is 0 Å². The standard InChI is InChI=1S/C15H32N2/c1-12(2)9-13(3)17-8-7-14(11-17)10-16-15(4,5)6/h12-14,16H,7-11H2,1-6H3. The Hall–Kier alpha value is -0.0800. The van der Waals surface area contributed by atoms with E-state index < -0.39 is 0 Å². The van der Waals surface area contributed by atoms with Crippen LogP contribution in [0.15, 0.2) is 0 Å². The van der Waals surface area contributed by atoms with Crippen molar-refractivity contribution in [1.29, 1.82) is 0 Å². The van der Waals surface area contributed by atoms with E-state index in [0.29, 0.717) is 0 Å². The maximum Gasteiger partial charge on any atom is 0.00966 e. The zero-order valence-corrected chi connectivity index (χ0v) is 12.7. The van der Waals surface area contributed by atoms with E-state index in [0.717, 1.165) is 17.9 Å². The largest absolute Gasteiger partial charge is 0.312 e. The van der Waals surface area contributed by atoms with Gasteiger partial charge >= 0.3 is 0 Å². The van der Waals surface area contributed by atoms with E-state index in [1.807, 2.05) is 0 Å². The first-order chi connectivity index (χ1) is 7.78. The summed E-state index contributed by atoms with van der Waals surface area (Å²) >= 11 is 0. The monoisotopic (exact) mass is 240 g/mol. The Morgan fingerprint density at radius 3 is 2.41 bits per heavy atom. The van der Waals surface area contributed by atoms with Crippen molar-refractivity contribution in [3.8, 4) is 0 Å². The van der Waals surface area contributed by atoms with Crippen molar-refractivity contribution in [2.45, 2.75) is 66.0 Å². The fourth-order valence-electron chi connectivity index (χ4n) is 2.71. The Morgan fingerprint density at radius 2 is 1.88 bits per heavy atom. The number of nitrogens with one attached hydrogen (secondary N) is 1. The molecule has 0 radical (unpaired) electrons. The molecule has 0 saturated carbocycles. The molecule has 2 atom stereocenters. The van der Waals surface area contributed by atoms with Crippen LogP contribution in [0.3, 0.4) is 0 Å². The van der Waals surface area contributed by atoms with Crippen LogP contribution in [0.2, 0.25) is 0 Å². The lowest BCUT2D eigenvalue weighted by molar-refractivity contribution is 0.218. The molecule has 17 heavy (non-hydrogen) atoms. The van der Waals surface area contributed by atoms with Crippen molar-refractivity contribution in [2.75, 3.05) is 19.6 Å². The highest BCUT2D eigenvalue weighted by atomic mass is 15.2. The molecule has 0 aromatic heterocycles. The Bertz CT molecular complexity index is 217. The summed E-state index contributed by atoms with van der Waals surface area (Å²) in [6, 6.07) is 0.759. The van der Waals surface area contributed by atoms with Crippen molar-refractivity contribution in [3.05, 3.63) is 0 Å². The summed E-state index contributed by atoms with van der Waals surface area (Å²) in [7, 11) is 0. The van der Waals surface area contributed by atoms with Crippen molar-refractivity contribution in [2.24, 2.45) is 11.8 Å². The van der Waals surface area contributed by atoms with Crippen LogP contribution in [0.5, 0.6) is 0 Å². The SMILES string of the molecule is CC(C)CC(C)N1CCC(CNC(C)(C)C)C1. The molecule has 1 heterocycles. The molecule has 1 aliphatic heterocycles. The Labute approximate surface area is 108 Å². The quantitative estimate of drug-likeness (QED) is 0.794. The first kappa shape index (κ1) is 15.0. The van der Waals surface area contributed by atoms with Gasteiger partial charge in [-0.3, -0.25) is 0 Å². The summed E-state index contributed by atoms with van der Waals surface area (Å²) in [6.07, 6.45) is 2.70. The van der Waals surface area contributed by atoms with Crippen LogP contribution >= 0.6 is 0 Å². The summed E-state index contributed by atoms with van der Waals surface area (Å²) in [5.74, 6) is 1.67. The molecule has 0 aromatic carbocycles. The minimum Gasteiger partial charge on any atom is -0.312 e. The lowest BCUT2D eigenvalue weighted by Crippen LogP contribution is -2.40. The normalized spacial score (nSPS) is 24.5. The van der Waals surface area contributed by atoms with Crippen LogP contribution in [-0.4, -0.2) is 36.1 Å². The molecule has 0 bridgehead atoms. The molecule has 2 unspecified atom stereocenters. The molecule has 1 N–H and O–H groups in total. The lowest BCUT2D eigenvalue weighted by atomic mass is 10.0. The van der Waals surface area contributed by atoms with Gasteiger partial charge in [0.15, 0.2) is 0 Å². The van der Waals surface area contributed by atoms with Gasteiger partial charge in [0.05, 0.1) is 0 Å². The summed E-state index contributed by atoms with van der Waals surface area (Å²) in [5, 5.41) is 3.64. The van der Waals surface area contributed by atoms with Crippen molar-refractivity contribution in [1.82, 2.24) is 10.2 Å². The van der Waals surface area contributed by atoms with E-state index in [4.69, 9.17) is 0 Å². The van der Waals surface area contributed by atoms with Crippen molar-refractivity contribution >= 4 is 0 Å². The summed E-state index contributed by atoms with van der Waals surface area (Å²) in [4.78, 5) is 2.68.